The largest absolute Gasteiger partial charge is 0.497 e. The molecule has 2 rings (SSSR count). The molecule has 2 N–H and O–H groups in total. The molecular weight excluding hydrogens is 284 g/mol. The Hall–Kier alpha value is -2.50. The van der Waals surface area contributed by atoms with Crippen molar-refractivity contribution in [3.05, 3.63) is 29.5 Å². The van der Waals surface area contributed by atoms with Crippen molar-refractivity contribution in [2.24, 2.45) is 0 Å². The van der Waals surface area contributed by atoms with Gasteiger partial charge in [-0.3, -0.25) is 9.59 Å². The first-order valence-corrected chi connectivity index (χ1v) is 7.13. The highest BCUT2D eigenvalue weighted by Gasteiger charge is 2.21. The van der Waals surface area contributed by atoms with Gasteiger partial charge in [-0.2, -0.15) is 0 Å². The molecule has 22 heavy (non-hydrogen) atoms. The van der Waals surface area contributed by atoms with E-state index < -0.39 is 11.9 Å². The number of hydrogen-bond donors (Lipinski definition) is 2. The van der Waals surface area contributed by atoms with E-state index in [0.29, 0.717) is 17.9 Å². The number of aryl methyl sites for hydroxylation is 1. The number of fused-ring (bicyclic) bond motifs is 1. The average molecular weight is 304 g/mol. The van der Waals surface area contributed by atoms with Crippen molar-refractivity contribution in [1.82, 2.24) is 10.6 Å². The van der Waals surface area contributed by atoms with E-state index in [4.69, 9.17) is 9.15 Å². The summed E-state index contributed by atoms with van der Waals surface area (Å²) in [5.41, 5.74) is 1.31. The lowest BCUT2D eigenvalue weighted by Gasteiger charge is -2.12. The summed E-state index contributed by atoms with van der Waals surface area (Å²) in [5.74, 6) is 0.223. The van der Waals surface area contributed by atoms with Gasteiger partial charge in [-0.1, -0.05) is 0 Å². The van der Waals surface area contributed by atoms with E-state index in [9.17, 15) is 9.59 Å². The van der Waals surface area contributed by atoms with E-state index >= 15 is 0 Å². The Balaban J connectivity index is 2.24. The van der Waals surface area contributed by atoms with Crippen LogP contribution < -0.4 is 15.4 Å². The molecular formula is C16H20N2O4. The molecule has 118 valence electrons. The number of benzene rings is 1. The van der Waals surface area contributed by atoms with Crippen molar-refractivity contribution in [3.63, 3.8) is 0 Å². The molecule has 1 unspecified atom stereocenters. The molecule has 2 amide bonds. The van der Waals surface area contributed by atoms with E-state index in [2.05, 4.69) is 10.6 Å². The molecule has 0 aliphatic rings. The minimum absolute atomic E-state index is 0.208. The second kappa shape index (κ2) is 6.51. The first kappa shape index (κ1) is 15.9. The van der Waals surface area contributed by atoms with Crippen molar-refractivity contribution in [1.29, 1.82) is 0 Å². The van der Waals surface area contributed by atoms with Crippen LogP contribution in [0.15, 0.2) is 22.6 Å². The van der Waals surface area contributed by atoms with Crippen molar-refractivity contribution >= 4 is 22.8 Å². The number of nitrogens with one attached hydrogen (secondary N) is 2. The van der Waals surface area contributed by atoms with Crippen LogP contribution in [0.1, 0.15) is 30.0 Å². The quantitative estimate of drug-likeness (QED) is 0.885. The fraction of sp³-hybridized carbons (Fsp3) is 0.375. The zero-order valence-electron chi connectivity index (χ0n) is 13.1. The molecule has 0 aliphatic heterocycles. The fourth-order valence-electron chi connectivity index (χ4n) is 2.20. The van der Waals surface area contributed by atoms with Gasteiger partial charge in [0, 0.05) is 23.6 Å². The normalized spacial score (nSPS) is 12.0. The second-order valence-electron chi connectivity index (χ2n) is 5.01. The third-order valence-corrected chi connectivity index (χ3v) is 3.44. The van der Waals surface area contributed by atoms with Gasteiger partial charge in [0.2, 0.25) is 5.91 Å². The molecule has 1 atom stereocenters. The number of amides is 2. The van der Waals surface area contributed by atoms with Gasteiger partial charge in [0.05, 0.1) is 7.11 Å². The number of hydrogen-bond acceptors (Lipinski definition) is 4. The minimum Gasteiger partial charge on any atom is -0.497 e. The Morgan fingerprint density at radius 3 is 2.73 bits per heavy atom. The van der Waals surface area contributed by atoms with Gasteiger partial charge in [0.15, 0.2) is 5.76 Å². The summed E-state index contributed by atoms with van der Waals surface area (Å²) in [7, 11) is 1.57. The van der Waals surface area contributed by atoms with Crippen LogP contribution in [0.25, 0.3) is 11.0 Å². The van der Waals surface area contributed by atoms with Crippen LogP contribution >= 0.6 is 0 Å². The minimum atomic E-state index is -0.630. The first-order chi connectivity index (χ1) is 10.5. The highest BCUT2D eigenvalue weighted by Crippen LogP contribution is 2.28. The third-order valence-electron chi connectivity index (χ3n) is 3.44. The van der Waals surface area contributed by atoms with Crippen molar-refractivity contribution in [2.75, 3.05) is 13.7 Å². The highest BCUT2D eigenvalue weighted by atomic mass is 16.5. The number of rotatable bonds is 5. The van der Waals surface area contributed by atoms with Crippen LogP contribution in [0.5, 0.6) is 5.75 Å². The van der Waals surface area contributed by atoms with E-state index in [0.717, 1.165) is 10.9 Å². The van der Waals surface area contributed by atoms with E-state index in [1.807, 2.05) is 26.0 Å². The van der Waals surface area contributed by atoms with E-state index in [-0.39, 0.29) is 11.7 Å². The summed E-state index contributed by atoms with van der Waals surface area (Å²) in [6.07, 6.45) is 0. The number of ether oxygens (including phenoxy) is 1. The lowest BCUT2D eigenvalue weighted by molar-refractivity contribution is -0.122. The zero-order valence-corrected chi connectivity index (χ0v) is 13.1. The lowest BCUT2D eigenvalue weighted by atomic mass is 10.1. The Bertz CT molecular complexity index is 705. The first-order valence-electron chi connectivity index (χ1n) is 7.13. The molecule has 6 nitrogen and oxygen atoms in total. The predicted molar refractivity (Wildman–Crippen MR) is 83.1 cm³/mol. The molecule has 0 saturated carbocycles. The number of methoxy groups -OCH3 is 1. The number of likely N-dealkylation sites (N-methyl/N-ethyl adjacent to an activating group) is 1. The van der Waals surface area contributed by atoms with Gasteiger partial charge in [-0.25, -0.2) is 0 Å². The standard InChI is InChI=1S/C16H20N2O4/c1-5-17-15(19)10(3)18-16(20)14-9(2)12-7-6-11(21-4)8-13(12)22-14/h6-8,10H,5H2,1-4H3,(H,17,19)(H,18,20). The number of carbonyl (C=O) groups excluding carboxylic acids is 2. The molecule has 1 heterocycles. The molecule has 0 radical (unpaired) electrons. The van der Waals surface area contributed by atoms with Crippen molar-refractivity contribution in [2.45, 2.75) is 26.8 Å². The summed E-state index contributed by atoms with van der Waals surface area (Å²) < 4.78 is 10.8. The van der Waals surface area contributed by atoms with Crippen LogP contribution in [0.2, 0.25) is 0 Å². The topological polar surface area (TPSA) is 80.6 Å². The maximum absolute atomic E-state index is 12.3. The summed E-state index contributed by atoms with van der Waals surface area (Å²) in [5, 5.41) is 6.14. The van der Waals surface area contributed by atoms with Crippen molar-refractivity contribution < 1.29 is 18.7 Å². The summed E-state index contributed by atoms with van der Waals surface area (Å²) in [6.45, 7) is 5.78. The van der Waals surface area contributed by atoms with Gasteiger partial charge < -0.3 is 19.8 Å². The number of furan rings is 1. The Kier molecular flexibility index (Phi) is 4.70. The maximum Gasteiger partial charge on any atom is 0.287 e. The lowest BCUT2D eigenvalue weighted by Crippen LogP contribution is -2.44. The van der Waals surface area contributed by atoms with E-state index in [1.54, 1.807) is 20.1 Å². The molecule has 0 fully saturated rings. The van der Waals surface area contributed by atoms with Crippen molar-refractivity contribution in [3.8, 4) is 5.75 Å². The Morgan fingerprint density at radius 2 is 2.09 bits per heavy atom. The maximum atomic E-state index is 12.3. The Morgan fingerprint density at radius 1 is 1.36 bits per heavy atom. The molecule has 0 aliphatic carbocycles. The molecule has 2 aromatic rings. The average Bonchev–Trinajstić information content (AvgIpc) is 2.83. The van der Waals surface area contributed by atoms with Crippen LogP contribution in [0, 0.1) is 6.92 Å². The molecule has 0 bridgehead atoms. The SMILES string of the molecule is CCNC(=O)C(C)NC(=O)c1oc2cc(OC)ccc2c1C. The van der Waals surface area contributed by atoms with Gasteiger partial charge in [0.1, 0.15) is 17.4 Å². The van der Waals surface area contributed by atoms with Crippen LogP contribution in [-0.2, 0) is 4.79 Å². The van der Waals surface area contributed by atoms with Gasteiger partial charge in [0.25, 0.3) is 5.91 Å². The highest BCUT2D eigenvalue weighted by molar-refractivity contribution is 6.01. The molecule has 1 aromatic heterocycles. The van der Waals surface area contributed by atoms with Gasteiger partial charge in [-0.05, 0) is 32.9 Å². The summed E-state index contributed by atoms with van der Waals surface area (Å²) >= 11 is 0. The van der Waals surface area contributed by atoms with Gasteiger partial charge >= 0.3 is 0 Å². The van der Waals surface area contributed by atoms with Gasteiger partial charge in [-0.15, -0.1) is 0 Å². The molecule has 0 saturated heterocycles. The monoisotopic (exact) mass is 304 g/mol. The second-order valence-corrected chi connectivity index (χ2v) is 5.01. The molecule has 6 heteroatoms. The molecule has 0 spiro atoms. The van der Waals surface area contributed by atoms with Crippen LogP contribution in [0.3, 0.4) is 0 Å². The molecule has 1 aromatic carbocycles. The summed E-state index contributed by atoms with van der Waals surface area (Å²) in [4.78, 5) is 24.0. The zero-order chi connectivity index (χ0) is 16.3. The number of carbonyl (C=O) groups is 2. The summed E-state index contributed by atoms with van der Waals surface area (Å²) in [6, 6.07) is 4.75. The smallest absolute Gasteiger partial charge is 0.287 e. The van der Waals surface area contributed by atoms with E-state index in [1.165, 1.54) is 0 Å². The third kappa shape index (κ3) is 3.05. The van der Waals surface area contributed by atoms with Crippen LogP contribution in [-0.4, -0.2) is 31.5 Å². The Labute approximate surface area is 128 Å². The van der Waals surface area contributed by atoms with Crippen LogP contribution in [0.4, 0.5) is 0 Å². The predicted octanol–water partition coefficient (Wildman–Crippen LogP) is 2.00. The fourth-order valence-corrected chi connectivity index (χ4v) is 2.20.